The van der Waals surface area contributed by atoms with Crippen LogP contribution in [0.1, 0.15) is 12.8 Å². The third-order valence-corrected chi connectivity index (χ3v) is 2.85. The van der Waals surface area contributed by atoms with Crippen LogP contribution in [-0.2, 0) is 4.74 Å². The average Bonchev–Trinajstić information content (AvgIpc) is 2.00. The Labute approximate surface area is 74.4 Å². The van der Waals surface area contributed by atoms with Gasteiger partial charge in [-0.3, -0.25) is 0 Å². The first-order chi connectivity index (χ1) is 6.02. The van der Waals surface area contributed by atoms with Crippen LogP contribution in [0, 0.1) is 5.92 Å². The zero-order chi connectivity index (χ0) is 9.53. The fourth-order valence-electron chi connectivity index (χ4n) is 1.96. The number of hydrogen-bond donors (Lipinski definition) is 1. The van der Waals surface area contributed by atoms with E-state index < -0.39 is 17.7 Å². The molecule has 0 saturated carbocycles. The summed E-state index contributed by atoms with van der Waals surface area (Å²) in [4.78, 5) is 0. The summed E-state index contributed by atoms with van der Waals surface area (Å²) in [6.45, 7) is 1.38. The van der Waals surface area contributed by atoms with E-state index in [9.17, 15) is 13.2 Å². The van der Waals surface area contributed by atoms with E-state index in [1.54, 1.807) is 0 Å². The van der Waals surface area contributed by atoms with Gasteiger partial charge in [-0.1, -0.05) is 0 Å². The summed E-state index contributed by atoms with van der Waals surface area (Å²) in [6.07, 6.45) is -3.80. The quantitative estimate of drug-likeness (QED) is 0.629. The smallest absolute Gasteiger partial charge is 0.372 e. The Hall–Kier alpha value is -0.290. The lowest BCUT2D eigenvalue weighted by atomic mass is 9.81. The van der Waals surface area contributed by atoms with Gasteiger partial charge in [-0.25, -0.2) is 0 Å². The number of halogens is 3. The Bertz CT molecular complexity index is 200. The molecule has 0 amide bonds. The molecule has 0 aromatic carbocycles. The standard InChI is InChI=1S/C8H12F3NO/c9-8(10,11)6-1-2-13-7(3-6)4-12-5-7/h6,12H,1-5H2. The third kappa shape index (κ3) is 1.67. The normalized spacial score (nSPS) is 33.0. The first-order valence-electron chi connectivity index (χ1n) is 4.43. The van der Waals surface area contributed by atoms with Crippen LogP contribution in [-0.4, -0.2) is 31.5 Å². The van der Waals surface area contributed by atoms with Gasteiger partial charge in [0, 0.05) is 19.7 Å². The van der Waals surface area contributed by atoms with Gasteiger partial charge in [-0.2, -0.15) is 13.2 Å². The first kappa shape index (κ1) is 9.27. The van der Waals surface area contributed by atoms with Gasteiger partial charge in [0.15, 0.2) is 0 Å². The third-order valence-electron chi connectivity index (χ3n) is 2.85. The van der Waals surface area contributed by atoms with E-state index in [1.165, 1.54) is 0 Å². The van der Waals surface area contributed by atoms with Crippen molar-refractivity contribution < 1.29 is 17.9 Å². The average molecular weight is 195 g/mol. The van der Waals surface area contributed by atoms with Crippen molar-refractivity contribution in [1.82, 2.24) is 5.32 Å². The fourth-order valence-corrected chi connectivity index (χ4v) is 1.96. The molecule has 1 unspecified atom stereocenters. The summed E-state index contributed by atoms with van der Waals surface area (Å²) < 4.78 is 42.5. The highest BCUT2D eigenvalue weighted by Gasteiger charge is 2.50. The summed E-state index contributed by atoms with van der Waals surface area (Å²) >= 11 is 0. The molecule has 2 saturated heterocycles. The summed E-state index contributed by atoms with van der Waals surface area (Å²) in [6, 6.07) is 0. The van der Waals surface area contributed by atoms with E-state index in [4.69, 9.17) is 4.74 Å². The van der Waals surface area contributed by atoms with Crippen molar-refractivity contribution in [2.75, 3.05) is 19.7 Å². The highest BCUT2D eigenvalue weighted by atomic mass is 19.4. The van der Waals surface area contributed by atoms with E-state index in [0.717, 1.165) is 0 Å². The largest absolute Gasteiger partial charge is 0.392 e. The Balaban J connectivity index is 2.00. The molecule has 2 rings (SSSR count). The van der Waals surface area contributed by atoms with E-state index in [2.05, 4.69) is 5.32 Å². The molecular weight excluding hydrogens is 183 g/mol. The van der Waals surface area contributed by atoms with Crippen LogP contribution in [0.25, 0.3) is 0 Å². The fraction of sp³-hybridized carbons (Fsp3) is 1.00. The Kier molecular flexibility index (Phi) is 2.03. The molecule has 0 radical (unpaired) electrons. The Morgan fingerprint density at radius 1 is 1.31 bits per heavy atom. The summed E-state index contributed by atoms with van der Waals surface area (Å²) in [7, 11) is 0. The highest BCUT2D eigenvalue weighted by molar-refractivity contribution is 4.99. The van der Waals surface area contributed by atoms with Crippen molar-refractivity contribution >= 4 is 0 Å². The van der Waals surface area contributed by atoms with E-state index in [1.807, 2.05) is 0 Å². The molecule has 2 aliphatic heterocycles. The minimum Gasteiger partial charge on any atom is -0.372 e. The van der Waals surface area contributed by atoms with Gasteiger partial charge in [-0.15, -0.1) is 0 Å². The maximum absolute atomic E-state index is 12.4. The lowest BCUT2D eigenvalue weighted by Crippen LogP contribution is -2.64. The maximum Gasteiger partial charge on any atom is 0.392 e. The van der Waals surface area contributed by atoms with Crippen molar-refractivity contribution in [1.29, 1.82) is 0 Å². The number of rotatable bonds is 0. The second kappa shape index (κ2) is 2.85. The minimum atomic E-state index is -4.05. The summed E-state index contributed by atoms with van der Waals surface area (Å²) in [5, 5.41) is 2.95. The molecule has 0 aliphatic carbocycles. The van der Waals surface area contributed by atoms with Crippen molar-refractivity contribution in [2.24, 2.45) is 5.92 Å². The highest BCUT2D eigenvalue weighted by Crippen LogP contribution is 2.40. The van der Waals surface area contributed by atoms with Crippen LogP contribution < -0.4 is 5.32 Å². The molecule has 2 fully saturated rings. The van der Waals surface area contributed by atoms with Crippen molar-refractivity contribution in [2.45, 2.75) is 24.6 Å². The Morgan fingerprint density at radius 2 is 2.00 bits per heavy atom. The van der Waals surface area contributed by atoms with Crippen LogP contribution >= 0.6 is 0 Å². The Morgan fingerprint density at radius 3 is 2.46 bits per heavy atom. The number of hydrogen-bond acceptors (Lipinski definition) is 2. The van der Waals surface area contributed by atoms with Crippen LogP contribution in [0.15, 0.2) is 0 Å². The van der Waals surface area contributed by atoms with Crippen LogP contribution in [0.4, 0.5) is 13.2 Å². The molecule has 1 spiro atoms. The summed E-state index contributed by atoms with van der Waals surface area (Å²) in [5.74, 6) is -1.16. The zero-order valence-corrected chi connectivity index (χ0v) is 7.16. The topological polar surface area (TPSA) is 21.3 Å². The molecule has 0 bridgehead atoms. The van der Waals surface area contributed by atoms with Gasteiger partial charge >= 0.3 is 6.18 Å². The van der Waals surface area contributed by atoms with Crippen molar-refractivity contribution in [3.8, 4) is 0 Å². The molecule has 2 nitrogen and oxygen atoms in total. The van der Waals surface area contributed by atoms with Crippen LogP contribution in [0.5, 0.6) is 0 Å². The monoisotopic (exact) mass is 195 g/mol. The number of ether oxygens (including phenoxy) is 1. The second-order valence-corrected chi connectivity index (χ2v) is 3.87. The molecular formula is C8H12F3NO. The molecule has 13 heavy (non-hydrogen) atoms. The van der Waals surface area contributed by atoms with Crippen LogP contribution in [0.3, 0.4) is 0 Å². The van der Waals surface area contributed by atoms with Gasteiger partial charge in [0.1, 0.15) is 0 Å². The van der Waals surface area contributed by atoms with Gasteiger partial charge < -0.3 is 10.1 Å². The predicted octanol–water partition coefficient (Wildman–Crippen LogP) is 1.32. The molecule has 2 heterocycles. The van der Waals surface area contributed by atoms with Crippen molar-refractivity contribution in [3.63, 3.8) is 0 Å². The van der Waals surface area contributed by atoms with Gasteiger partial charge in [0.2, 0.25) is 0 Å². The molecule has 0 aromatic heterocycles. The van der Waals surface area contributed by atoms with Gasteiger partial charge in [0.05, 0.1) is 11.5 Å². The van der Waals surface area contributed by atoms with Gasteiger partial charge in [0.25, 0.3) is 0 Å². The molecule has 5 heteroatoms. The van der Waals surface area contributed by atoms with E-state index >= 15 is 0 Å². The molecule has 76 valence electrons. The number of alkyl halides is 3. The van der Waals surface area contributed by atoms with Gasteiger partial charge in [-0.05, 0) is 12.8 Å². The molecule has 1 N–H and O–H groups in total. The molecule has 1 atom stereocenters. The SMILES string of the molecule is FC(F)(F)C1CCOC2(CNC2)C1. The first-order valence-corrected chi connectivity index (χ1v) is 4.43. The second-order valence-electron chi connectivity index (χ2n) is 3.87. The van der Waals surface area contributed by atoms with Crippen LogP contribution in [0.2, 0.25) is 0 Å². The van der Waals surface area contributed by atoms with E-state index in [0.29, 0.717) is 13.1 Å². The lowest BCUT2D eigenvalue weighted by molar-refractivity contribution is -0.227. The maximum atomic E-state index is 12.4. The molecule has 2 aliphatic rings. The lowest BCUT2D eigenvalue weighted by Gasteiger charge is -2.47. The predicted molar refractivity (Wildman–Crippen MR) is 40.3 cm³/mol. The van der Waals surface area contributed by atoms with Crippen molar-refractivity contribution in [3.05, 3.63) is 0 Å². The molecule has 0 aromatic rings. The summed E-state index contributed by atoms with van der Waals surface area (Å²) in [5.41, 5.74) is -0.502. The zero-order valence-electron chi connectivity index (χ0n) is 7.16. The minimum absolute atomic E-state index is 0.116. The van der Waals surface area contributed by atoms with E-state index in [-0.39, 0.29) is 19.4 Å². The number of nitrogens with one attached hydrogen (secondary N) is 1.